The summed E-state index contributed by atoms with van der Waals surface area (Å²) in [6.07, 6.45) is 4.45. The predicted molar refractivity (Wildman–Crippen MR) is 111 cm³/mol. The molecule has 0 aromatic heterocycles. The Hall–Kier alpha value is -2.13. The molecule has 0 aliphatic carbocycles. The zero-order valence-electron chi connectivity index (χ0n) is 16.6. The van der Waals surface area contributed by atoms with Gasteiger partial charge >= 0.3 is 0 Å². The Morgan fingerprint density at radius 1 is 0.963 bits per heavy atom. The van der Waals surface area contributed by atoms with E-state index in [1.54, 1.807) is 4.90 Å². The van der Waals surface area contributed by atoms with Crippen molar-refractivity contribution in [2.24, 2.45) is 5.92 Å². The van der Waals surface area contributed by atoms with Gasteiger partial charge in [-0.05, 0) is 24.5 Å². The van der Waals surface area contributed by atoms with E-state index < -0.39 is 0 Å². The van der Waals surface area contributed by atoms with E-state index in [9.17, 15) is 4.79 Å². The first kappa shape index (κ1) is 19.6. The monoisotopic (exact) mass is 365 g/mol. The van der Waals surface area contributed by atoms with Crippen LogP contribution in [-0.2, 0) is 17.8 Å². The minimum Gasteiger partial charge on any atom is -0.338 e. The molecule has 0 saturated carbocycles. The number of hydrogen-bond acceptors (Lipinski definition) is 1. The van der Waals surface area contributed by atoms with Crippen LogP contribution in [0.4, 0.5) is 0 Å². The Labute approximate surface area is 164 Å². The minimum atomic E-state index is 0.214. The summed E-state index contributed by atoms with van der Waals surface area (Å²) in [5.41, 5.74) is 2.65. The van der Waals surface area contributed by atoms with E-state index in [1.807, 2.05) is 23.1 Å². The lowest BCUT2D eigenvalue weighted by molar-refractivity contribution is -0.906. The molecular weight excluding hydrogens is 332 g/mol. The molecule has 2 aromatic rings. The molecule has 1 heterocycles. The maximum Gasteiger partial charge on any atom is 0.226 e. The summed E-state index contributed by atoms with van der Waals surface area (Å²) < 4.78 is 0. The lowest BCUT2D eigenvalue weighted by Crippen LogP contribution is -3.13. The van der Waals surface area contributed by atoms with Crippen molar-refractivity contribution in [3.63, 3.8) is 0 Å². The van der Waals surface area contributed by atoms with Crippen LogP contribution in [0.2, 0.25) is 0 Å². The van der Waals surface area contributed by atoms with E-state index >= 15 is 0 Å². The Morgan fingerprint density at radius 2 is 1.56 bits per heavy atom. The number of likely N-dealkylation sites (tertiary alicyclic amines) is 1. The van der Waals surface area contributed by atoms with E-state index in [0.717, 1.165) is 45.4 Å². The Balaban J connectivity index is 1.41. The molecule has 0 atom stereocenters. The fourth-order valence-electron chi connectivity index (χ4n) is 4.12. The topological polar surface area (TPSA) is 24.8 Å². The summed E-state index contributed by atoms with van der Waals surface area (Å²) in [6.45, 7) is 7.10. The van der Waals surface area contributed by atoms with E-state index in [0.29, 0.717) is 5.91 Å². The third kappa shape index (κ3) is 5.93. The average molecular weight is 366 g/mol. The number of benzene rings is 2. The summed E-state index contributed by atoms with van der Waals surface area (Å²) in [4.78, 5) is 16.7. The molecule has 3 nitrogen and oxygen atoms in total. The molecule has 1 N–H and O–H groups in total. The summed E-state index contributed by atoms with van der Waals surface area (Å²) in [5.74, 6) is 0.566. The van der Waals surface area contributed by atoms with Gasteiger partial charge < -0.3 is 9.80 Å². The van der Waals surface area contributed by atoms with Crippen LogP contribution in [0.1, 0.15) is 37.3 Å². The molecule has 27 heavy (non-hydrogen) atoms. The summed E-state index contributed by atoms with van der Waals surface area (Å²) in [6, 6.07) is 21.1. The SMILES string of the molecule is CCN(Cc1ccccc1)C(=O)C1CC[NH+](CCCc2ccccc2)CC1. The number of piperidine rings is 1. The highest BCUT2D eigenvalue weighted by Crippen LogP contribution is 2.16. The second-order valence-corrected chi connectivity index (χ2v) is 7.70. The highest BCUT2D eigenvalue weighted by molar-refractivity contribution is 5.78. The van der Waals surface area contributed by atoms with E-state index in [2.05, 4.69) is 49.4 Å². The molecule has 0 unspecified atom stereocenters. The number of carbonyl (C=O) groups excluding carboxylic acids is 1. The van der Waals surface area contributed by atoms with Crippen LogP contribution >= 0.6 is 0 Å². The molecule has 1 amide bonds. The van der Waals surface area contributed by atoms with Crippen molar-refractivity contribution in [1.82, 2.24) is 4.90 Å². The molecule has 0 spiro atoms. The quantitative estimate of drug-likeness (QED) is 0.764. The first-order valence-corrected chi connectivity index (χ1v) is 10.5. The zero-order valence-corrected chi connectivity index (χ0v) is 16.6. The van der Waals surface area contributed by atoms with Gasteiger partial charge in [-0.25, -0.2) is 0 Å². The van der Waals surface area contributed by atoms with Crippen LogP contribution < -0.4 is 4.90 Å². The van der Waals surface area contributed by atoms with Gasteiger partial charge in [0.15, 0.2) is 0 Å². The van der Waals surface area contributed by atoms with Gasteiger partial charge in [-0.3, -0.25) is 4.79 Å². The lowest BCUT2D eigenvalue weighted by atomic mass is 9.94. The molecule has 2 aromatic carbocycles. The molecule has 1 saturated heterocycles. The molecule has 0 radical (unpaired) electrons. The van der Waals surface area contributed by atoms with Gasteiger partial charge in [-0.2, -0.15) is 0 Å². The van der Waals surface area contributed by atoms with Gasteiger partial charge in [0.05, 0.1) is 19.6 Å². The highest BCUT2D eigenvalue weighted by Gasteiger charge is 2.29. The fraction of sp³-hybridized carbons (Fsp3) is 0.458. The summed E-state index contributed by atoms with van der Waals surface area (Å²) in [5, 5.41) is 0. The van der Waals surface area contributed by atoms with Gasteiger partial charge in [-0.15, -0.1) is 0 Å². The molecule has 3 rings (SSSR count). The van der Waals surface area contributed by atoms with Crippen LogP contribution in [-0.4, -0.2) is 37.0 Å². The summed E-state index contributed by atoms with van der Waals surface area (Å²) >= 11 is 0. The van der Waals surface area contributed by atoms with Crippen LogP contribution in [0.3, 0.4) is 0 Å². The normalized spacial score (nSPS) is 19.6. The Kier molecular flexibility index (Phi) is 7.46. The standard InChI is InChI=1S/C24H32N2O/c1-2-26(20-22-12-7-4-8-13-22)24(27)23-15-18-25(19-16-23)17-9-14-21-10-5-3-6-11-21/h3-8,10-13,23H,2,9,14-20H2,1H3/p+1. The number of quaternary nitrogens is 1. The van der Waals surface area contributed by atoms with Crippen molar-refractivity contribution in [3.8, 4) is 0 Å². The zero-order chi connectivity index (χ0) is 18.9. The maximum absolute atomic E-state index is 13.0. The van der Waals surface area contributed by atoms with Crippen LogP contribution in [0, 0.1) is 5.92 Å². The Bertz CT molecular complexity index is 678. The maximum atomic E-state index is 13.0. The van der Waals surface area contributed by atoms with Gasteiger partial charge in [0, 0.05) is 38.3 Å². The number of aryl methyl sites for hydroxylation is 1. The van der Waals surface area contributed by atoms with Gasteiger partial charge in [-0.1, -0.05) is 60.7 Å². The van der Waals surface area contributed by atoms with Crippen molar-refractivity contribution < 1.29 is 9.69 Å². The van der Waals surface area contributed by atoms with Crippen molar-refractivity contribution in [2.75, 3.05) is 26.2 Å². The molecule has 1 aliphatic rings. The number of carbonyl (C=O) groups is 1. The van der Waals surface area contributed by atoms with Gasteiger partial charge in [0.2, 0.25) is 5.91 Å². The van der Waals surface area contributed by atoms with Crippen molar-refractivity contribution in [3.05, 3.63) is 71.8 Å². The van der Waals surface area contributed by atoms with Crippen molar-refractivity contribution in [2.45, 2.75) is 39.2 Å². The number of hydrogen-bond donors (Lipinski definition) is 1. The molecular formula is C24H33N2O+. The van der Waals surface area contributed by atoms with Crippen LogP contribution in [0.5, 0.6) is 0 Å². The van der Waals surface area contributed by atoms with Crippen molar-refractivity contribution >= 4 is 5.91 Å². The average Bonchev–Trinajstić information content (AvgIpc) is 2.73. The number of nitrogens with zero attached hydrogens (tertiary/aromatic N) is 1. The van der Waals surface area contributed by atoms with Crippen molar-refractivity contribution in [1.29, 1.82) is 0 Å². The van der Waals surface area contributed by atoms with E-state index in [-0.39, 0.29) is 5.92 Å². The van der Waals surface area contributed by atoms with Crippen LogP contribution in [0.15, 0.2) is 60.7 Å². The van der Waals surface area contributed by atoms with Gasteiger partial charge in [0.1, 0.15) is 0 Å². The third-order valence-electron chi connectivity index (χ3n) is 5.79. The number of amides is 1. The second kappa shape index (κ2) is 10.3. The second-order valence-electron chi connectivity index (χ2n) is 7.70. The van der Waals surface area contributed by atoms with E-state index in [4.69, 9.17) is 0 Å². The first-order valence-electron chi connectivity index (χ1n) is 10.5. The fourth-order valence-corrected chi connectivity index (χ4v) is 4.12. The lowest BCUT2D eigenvalue weighted by Gasteiger charge is -2.32. The first-order chi connectivity index (χ1) is 13.3. The van der Waals surface area contributed by atoms with E-state index in [1.165, 1.54) is 24.1 Å². The largest absolute Gasteiger partial charge is 0.338 e. The molecule has 144 valence electrons. The predicted octanol–water partition coefficient (Wildman–Crippen LogP) is 2.96. The van der Waals surface area contributed by atoms with Crippen LogP contribution in [0.25, 0.3) is 0 Å². The molecule has 0 bridgehead atoms. The summed E-state index contributed by atoms with van der Waals surface area (Å²) in [7, 11) is 0. The van der Waals surface area contributed by atoms with Gasteiger partial charge in [0.25, 0.3) is 0 Å². The molecule has 1 aliphatic heterocycles. The minimum absolute atomic E-state index is 0.214. The third-order valence-corrected chi connectivity index (χ3v) is 5.79. The molecule has 3 heteroatoms. The highest BCUT2D eigenvalue weighted by atomic mass is 16.2. The Morgan fingerprint density at radius 3 is 2.15 bits per heavy atom. The smallest absolute Gasteiger partial charge is 0.226 e. The molecule has 1 fully saturated rings. The number of nitrogens with one attached hydrogen (secondary N) is 1. The number of rotatable bonds is 8.